The van der Waals surface area contributed by atoms with E-state index in [1.807, 2.05) is 49.1 Å². The first-order valence-corrected chi connectivity index (χ1v) is 11.5. The van der Waals surface area contributed by atoms with Crippen LogP contribution in [0.1, 0.15) is 16.1 Å². The standard InChI is InChI=1S/C25H26ClN5O3/c1-30(2)8-9-31-21-12-15(20-13-27-28-25(20)33-3)4-6-19(21)23(29-31)24(32)17-10-16-11-18(26)5-7-22(16)34-14-17/h4-7,11-13,17H,8-10,14H2,1-3H3,(H,27,28). The van der Waals surface area contributed by atoms with Crippen molar-refractivity contribution in [2.75, 3.05) is 34.4 Å². The van der Waals surface area contributed by atoms with E-state index in [1.165, 1.54) is 0 Å². The maximum absolute atomic E-state index is 13.6. The molecule has 1 N–H and O–H groups in total. The molecule has 34 heavy (non-hydrogen) atoms. The van der Waals surface area contributed by atoms with Crippen molar-refractivity contribution in [1.29, 1.82) is 0 Å². The van der Waals surface area contributed by atoms with Crippen LogP contribution >= 0.6 is 11.6 Å². The van der Waals surface area contributed by atoms with E-state index in [-0.39, 0.29) is 11.7 Å². The third kappa shape index (κ3) is 4.15. The Morgan fingerprint density at radius 3 is 2.94 bits per heavy atom. The van der Waals surface area contributed by atoms with E-state index in [9.17, 15) is 4.79 Å². The van der Waals surface area contributed by atoms with E-state index >= 15 is 0 Å². The predicted molar refractivity (Wildman–Crippen MR) is 131 cm³/mol. The number of rotatable bonds is 7. The van der Waals surface area contributed by atoms with Gasteiger partial charge in [-0.05, 0) is 62.0 Å². The second kappa shape index (κ2) is 9.12. The number of methoxy groups -OCH3 is 1. The quantitative estimate of drug-likeness (QED) is 0.402. The number of halogens is 1. The highest BCUT2D eigenvalue weighted by molar-refractivity contribution is 6.30. The summed E-state index contributed by atoms with van der Waals surface area (Å²) < 4.78 is 13.2. The maximum atomic E-state index is 13.6. The zero-order valence-electron chi connectivity index (χ0n) is 19.3. The first-order chi connectivity index (χ1) is 16.4. The number of nitrogens with zero attached hydrogens (tertiary/aromatic N) is 4. The number of likely N-dealkylation sites (N-methyl/N-ethyl adjacent to an activating group) is 1. The smallest absolute Gasteiger partial charge is 0.216 e. The lowest BCUT2D eigenvalue weighted by Gasteiger charge is -2.24. The Hall–Kier alpha value is -3.36. The Labute approximate surface area is 202 Å². The molecule has 0 amide bonds. The predicted octanol–water partition coefficient (Wildman–Crippen LogP) is 4.08. The molecule has 0 radical (unpaired) electrons. The number of aromatic amines is 1. The highest BCUT2D eigenvalue weighted by Crippen LogP contribution is 2.34. The third-order valence-corrected chi connectivity index (χ3v) is 6.40. The van der Waals surface area contributed by atoms with Gasteiger partial charge in [0, 0.05) is 17.0 Å². The normalized spacial score (nSPS) is 15.4. The van der Waals surface area contributed by atoms with Crippen molar-refractivity contribution in [3.8, 4) is 22.8 Å². The lowest BCUT2D eigenvalue weighted by molar-refractivity contribution is 0.0850. The Morgan fingerprint density at radius 2 is 2.15 bits per heavy atom. The number of carbonyl (C=O) groups excluding carboxylic acids is 1. The van der Waals surface area contributed by atoms with Gasteiger partial charge in [-0.2, -0.15) is 10.2 Å². The zero-order chi connectivity index (χ0) is 23.8. The van der Waals surface area contributed by atoms with Crippen LogP contribution in [0, 0.1) is 5.92 Å². The second-order valence-electron chi connectivity index (χ2n) is 8.75. The van der Waals surface area contributed by atoms with Crippen molar-refractivity contribution in [2.24, 2.45) is 5.92 Å². The zero-order valence-corrected chi connectivity index (χ0v) is 20.1. The summed E-state index contributed by atoms with van der Waals surface area (Å²) >= 11 is 6.17. The van der Waals surface area contributed by atoms with Crippen LogP contribution in [-0.2, 0) is 13.0 Å². The van der Waals surface area contributed by atoms with Crippen molar-refractivity contribution in [3.05, 3.63) is 58.9 Å². The summed E-state index contributed by atoms with van der Waals surface area (Å²) in [5.74, 6) is 1.04. The van der Waals surface area contributed by atoms with Crippen molar-refractivity contribution in [3.63, 3.8) is 0 Å². The molecular formula is C25H26ClN5O3. The molecule has 0 aliphatic carbocycles. The van der Waals surface area contributed by atoms with Gasteiger partial charge in [0.05, 0.1) is 43.5 Å². The van der Waals surface area contributed by atoms with Crippen LogP contribution in [-0.4, -0.2) is 65.0 Å². The van der Waals surface area contributed by atoms with Crippen LogP contribution in [0.25, 0.3) is 22.0 Å². The number of H-pyrrole nitrogens is 1. The lowest BCUT2D eigenvalue weighted by atomic mass is 9.91. The molecule has 4 aromatic rings. The third-order valence-electron chi connectivity index (χ3n) is 6.16. The van der Waals surface area contributed by atoms with E-state index in [2.05, 4.69) is 15.1 Å². The summed E-state index contributed by atoms with van der Waals surface area (Å²) in [4.78, 5) is 15.7. The highest BCUT2D eigenvalue weighted by atomic mass is 35.5. The maximum Gasteiger partial charge on any atom is 0.216 e. The molecule has 1 aliphatic heterocycles. The van der Waals surface area contributed by atoms with E-state index in [4.69, 9.17) is 26.2 Å². The molecule has 176 valence electrons. The summed E-state index contributed by atoms with van der Waals surface area (Å²) in [6.45, 7) is 1.77. The average molecular weight is 480 g/mol. The van der Waals surface area contributed by atoms with Crippen LogP contribution in [0.15, 0.2) is 42.6 Å². The molecule has 0 spiro atoms. The average Bonchev–Trinajstić information content (AvgIpc) is 3.46. The minimum absolute atomic E-state index is 0.0205. The molecule has 0 saturated heterocycles. The SMILES string of the molecule is COc1[nH]ncc1-c1ccc2c(C(=O)C3COc4ccc(Cl)cc4C3)nn(CCN(C)C)c2c1. The molecule has 1 aliphatic rings. The Kier molecular flexibility index (Phi) is 6.02. The van der Waals surface area contributed by atoms with E-state index in [1.54, 1.807) is 19.4 Å². The van der Waals surface area contributed by atoms with Crippen LogP contribution < -0.4 is 9.47 Å². The molecule has 2 aromatic carbocycles. The van der Waals surface area contributed by atoms with Gasteiger partial charge in [0.15, 0.2) is 5.78 Å². The number of hydrogen-bond donors (Lipinski definition) is 1. The van der Waals surface area contributed by atoms with Gasteiger partial charge >= 0.3 is 0 Å². The summed E-state index contributed by atoms with van der Waals surface area (Å²) in [5.41, 5.74) is 4.10. The number of Topliss-reactive ketones (excluding diaryl/α,β-unsaturated/α-hetero) is 1. The number of ketones is 1. The Bertz CT molecular complexity index is 1360. The molecule has 9 heteroatoms. The van der Waals surface area contributed by atoms with E-state index in [0.29, 0.717) is 36.2 Å². The largest absolute Gasteiger partial charge is 0.493 e. The van der Waals surface area contributed by atoms with E-state index in [0.717, 1.165) is 39.9 Å². The fourth-order valence-corrected chi connectivity index (χ4v) is 4.54. The minimum atomic E-state index is -0.319. The fraction of sp³-hybridized carbons (Fsp3) is 0.320. The van der Waals surface area contributed by atoms with Crippen LogP contribution in [0.4, 0.5) is 0 Å². The van der Waals surface area contributed by atoms with E-state index < -0.39 is 0 Å². The molecule has 5 rings (SSSR count). The molecule has 0 bridgehead atoms. The molecular weight excluding hydrogens is 454 g/mol. The molecule has 0 saturated carbocycles. The number of fused-ring (bicyclic) bond motifs is 2. The van der Waals surface area contributed by atoms with Gasteiger partial charge in [0.25, 0.3) is 0 Å². The number of ether oxygens (including phenoxy) is 2. The van der Waals surface area contributed by atoms with Crippen LogP contribution in [0.2, 0.25) is 5.02 Å². The Morgan fingerprint density at radius 1 is 1.29 bits per heavy atom. The topological polar surface area (TPSA) is 85.3 Å². The summed E-state index contributed by atoms with van der Waals surface area (Å²) in [5, 5.41) is 13.2. The first-order valence-electron chi connectivity index (χ1n) is 11.1. The second-order valence-corrected chi connectivity index (χ2v) is 9.19. The molecule has 3 heterocycles. The summed E-state index contributed by atoms with van der Waals surface area (Å²) in [6.07, 6.45) is 2.31. The number of nitrogens with one attached hydrogen (secondary N) is 1. The molecule has 1 unspecified atom stereocenters. The van der Waals surface area contributed by atoms with Gasteiger partial charge in [0.2, 0.25) is 5.88 Å². The highest BCUT2D eigenvalue weighted by Gasteiger charge is 2.30. The van der Waals surface area contributed by atoms with Crippen LogP contribution in [0.3, 0.4) is 0 Å². The number of carbonyl (C=O) groups is 1. The van der Waals surface area contributed by atoms with Gasteiger partial charge in [-0.1, -0.05) is 17.7 Å². The number of hydrogen-bond acceptors (Lipinski definition) is 6. The molecule has 0 fully saturated rings. The van der Waals surface area contributed by atoms with Gasteiger partial charge in [-0.25, -0.2) is 5.10 Å². The summed E-state index contributed by atoms with van der Waals surface area (Å²) in [6, 6.07) is 11.5. The van der Waals surface area contributed by atoms with Crippen LogP contribution in [0.5, 0.6) is 11.6 Å². The number of aromatic nitrogens is 4. The lowest BCUT2D eigenvalue weighted by Crippen LogP contribution is -2.29. The summed E-state index contributed by atoms with van der Waals surface area (Å²) in [7, 11) is 5.63. The van der Waals surface area contributed by atoms with Gasteiger partial charge in [0.1, 0.15) is 11.4 Å². The van der Waals surface area contributed by atoms with Crippen molar-refractivity contribution < 1.29 is 14.3 Å². The van der Waals surface area contributed by atoms with Gasteiger partial charge in [-0.3, -0.25) is 9.48 Å². The molecule has 1 atom stereocenters. The van der Waals surface area contributed by atoms with Crippen molar-refractivity contribution in [1.82, 2.24) is 24.9 Å². The van der Waals surface area contributed by atoms with Gasteiger partial charge in [-0.15, -0.1) is 0 Å². The first kappa shape index (κ1) is 22.4. The van der Waals surface area contributed by atoms with Gasteiger partial charge < -0.3 is 14.4 Å². The van der Waals surface area contributed by atoms with Crippen molar-refractivity contribution in [2.45, 2.75) is 13.0 Å². The monoisotopic (exact) mass is 479 g/mol. The fourth-order valence-electron chi connectivity index (χ4n) is 4.35. The Balaban J connectivity index is 1.53. The minimum Gasteiger partial charge on any atom is -0.493 e. The number of benzene rings is 2. The molecule has 2 aromatic heterocycles. The van der Waals surface area contributed by atoms with Crippen molar-refractivity contribution >= 4 is 28.3 Å². The molecule has 8 nitrogen and oxygen atoms in total.